The maximum atomic E-state index is 6.27. The Labute approximate surface area is 379 Å². The number of nitrogens with two attached hydrogens (primary N) is 2. The molecule has 14 nitrogen and oxygen atoms in total. The summed E-state index contributed by atoms with van der Waals surface area (Å²) >= 11 is 0. The summed E-state index contributed by atoms with van der Waals surface area (Å²) in [7, 11) is 14.5. The summed E-state index contributed by atoms with van der Waals surface area (Å²) in [4.78, 5) is 22.7. The first-order valence-corrected chi connectivity index (χ1v) is 25.2. The average Bonchev–Trinajstić information content (AvgIpc) is 3.28. The molecule has 4 aromatic rings. The summed E-state index contributed by atoms with van der Waals surface area (Å²) in [5.74, 6) is 7.02. The van der Waals surface area contributed by atoms with E-state index in [9.17, 15) is 0 Å². The second-order valence-electron chi connectivity index (χ2n) is 15.9. The van der Waals surface area contributed by atoms with Gasteiger partial charge in [0.1, 0.15) is 11.6 Å². The van der Waals surface area contributed by atoms with E-state index in [1.54, 1.807) is 28.4 Å². The molecule has 6 N–H and O–H groups in total. The Morgan fingerprint density at radius 3 is 1.13 bits per heavy atom. The zero-order chi connectivity index (χ0) is 44.4. The molecule has 0 atom stereocenters. The number of hydrogen-bond donors (Lipinski definition) is 4. The smallest absolute Gasteiger partial charge is 0.227 e. The van der Waals surface area contributed by atoms with Crippen LogP contribution in [0, 0.1) is 0 Å². The molecule has 0 aliphatic carbocycles. The Hall–Kier alpha value is -3.86. The minimum Gasteiger partial charge on any atom is -0.493 e. The largest absolute Gasteiger partial charge is 0.493 e. The number of fused-ring (bicyclic) bond motifs is 2. The number of benzene rings is 2. The van der Waals surface area contributed by atoms with E-state index >= 15 is 0 Å². The number of aromatic nitrogens is 4. The lowest BCUT2D eigenvalue weighted by Crippen LogP contribution is -2.21. The molecule has 2 aromatic carbocycles. The van der Waals surface area contributed by atoms with Crippen LogP contribution < -0.4 is 50.8 Å². The number of nitrogens with one attached hydrogen (secondary N) is 2. The van der Waals surface area contributed by atoms with Gasteiger partial charge in [0.05, 0.1) is 39.5 Å². The van der Waals surface area contributed by atoms with Gasteiger partial charge in [0.2, 0.25) is 11.9 Å². The van der Waals surface area contributed by atoms with Gasteiger partial charge in [-0.1, -0.05) is 98.6 Å². The maximum absolute atomic E-state index is 6.27. The van der Waals surface area contributed by atoms with E-state index in [1.807, 2.05) is 59.9 Å². The van der Waals surface area contributed by atoms with Gasteiger partial charge >= 0.3 is 0 Å². The molecule has 0 amide bonds. The van der Waals surface area contributed by atoms with Crippen molar-refractivity contribution >= 4 is 66.9 Å². The predicted molar refractivity (Wildman–Crippen MR) is 265 cm³/mol. The Balaban J connectivity index is 0.855. The zero-order valence-corrected chi connectivity index (χ0v) is 40.2. The van der Waals surface area contributed by atoms with E-state index in [1.165, 1.54) is 101 Å². The molecule has 0 unspecified atom stereocenters. The Morgan fingerprint density at radius 2 is 0.774 bits per heavy atom. The number of unbranched alkanes of at least 4 members (excludes halogenated alkanes) is 14. The van der Waals surface area contributed by atoms with Crippen molar-refractivity contribution in [1.82, 2.24) is 30.6 Å². The monoisotopic (exact) mass is 897 g/mol. The third-order valence-electron chi connectivity index (χ3n) is 11.1. The number of nitrogens with zero attached hydrogens (tertiary/aromatic N) is 6. The first-order chi connectivity index (χ1) is 30.3. The molecule has 0 saturated carbocycles. The minimum absolute atomic E-state index is 0.450. The van der Waals surface area contributed by atoms with Crippen LogP contribution in [-0.2, 0) is 0 Å². The molecule has 0 aliphatic heterocycles. The topological polar surface area (TPSA) is 171 Å². The van der Waals surface area contributed by atoms with Crippen molar-refractivity contribution in [3.05, 3.63) is 24.3 Å². The SMILES string of the molecule is COc1cc2nc(N(C)CCCCCCCCCCNCCSSCCNCCCCCCCCCCN(C)c3nc(N)c4cc(OC)c(OC)cc4n3)nc(N)c2cc1OC. The lowest BCUT2D eigenvalue weighted by molar-refractivity contribution is 0.356. The summed E-state index contributed by atoms with van der Waals surface area (Å²) in [6.07, 6.45) is 20.3. The van der Waals surface area contributed by atoms with Gasteiger partial charge in [0.25, 0.3) is 0 Å². The van der Waals surface area contributed by atoms with E-state index in [0.29, 0.717) is 46.5 Å². The van der Waals surface area contributed by atoms with Gasteiger partial charge in [-0.2, -0.15) is 9.97 Å². The highest BCUT2D eigenvalue weighted by Gasteiger charge is 2.15. The van der Waals surface area contributed by atoms with E-state index in [4.69, 9.17) is 40.4 Å². The molecule has 4 rings (SSSR count). The van der Waals surface area contributed by atoms with Crippen molar-refractivity contribution in [2.45, 2.75) is 103 Å². The van der Waals surface area contributed by atoms with Gasteiger partial charge < -0.3 is 50.8 Å². The zero-order valence-electron chi connectivity index (χ0n) is 38.6. The Bertz CT molecular complexity index is 1740. The molecule has 0 radical (unpaired) electrons. The second kappa shape index (κ2) is 29.5. The van der Waals surface area contributed by atoms with Crippen LogP contribution in [0.15, 0.2) is 24.3 Å². The highest BCUT2D eigenvalue weighted by atomic mass is 33.1. The highest BCUT2D eigenvalue weighted by molar-refractivity contribution is 8.76. The fraction of sp³-hybridized carbons (Fsp3) is 0.652. The predicted octanol–water partition coefficient (Wildman–Crippen LogP) is 9.15. The van der Waals surface area contributed by atoms with Crippen LogP contribution in [0.3, 0.4) is 0 Å². The van der Waals surface area contributed by atoms with Gasteiger partial charge in [-0.3, -0.25) is 0 Å². The molecule has 0 aliphatic rings. The number of hydrogen-bond acceptors (Lipinski definition) is 16. The first kappa shape index (κ1) is 50.8. The Kier molecular flexibility index (Phi) is 24.2. The third-order valence-corrected chi connectivity index (χ3v) is 13.5. The molecule has 0 saturated heterocycles. The van der Waals surface area contributed by atoms with Crippen LogP contribution in [0.1, 0.15) is 103 Å². The lowest BCUT2D eigenvalue weighted by Gasteiger charge is -2.18. The molecule has 2 aromatic heterocycles. The van der Waals surface area contributed by atoms with Crippen molar-refractivity contribution in [2.24, 2.45) is 0 Å². The van der Waals surface area contributed by atoms with E-state index in [0.717, 1.165) is 73.9 Å². The average molecular weight is 897 g/mol. The molecule has 0 spiro atoms. The maximum Gasteiger partial charge on any atom is 0.227 e. The third kappa shape index (κ3) is 17.4. The normalized spacial score (nSPS) is 11.4. The number of rotatable bonds is 35. The van der Waals surface area contributed by atoms with E-state index < -0.39 is 0 Å². The molecular formula is C46H76N10O4S2. The van der Waals surface area contributed by atoms with Crippen molar-refractivity contribution < 1.29 is 18.9 Å². The standard InChI is InChI=1S/C46H76N10O4S2/c1-55(45-51-37-33-41(59-5)39(57-3)31-35(37)43(47)53-45)27-21-17-13-9-7-11-15-19-23-49-25-29-61-62-30-26-50-24-20-16-12-8-10-14-18-22-28-56(2)46-52-38-34-42(60-6)40(58-4)32-36(38)44(48)54-46/h31-34,49-50H,7-30H2,1-6H3,(H2,47,51,53)(H2,48,52,54). The van der Waals surface area contributed by atoms with E-state index in [-0.39, 0.29) is 0 Å². The second-order valence-corrected chi connectivity index (χ2v) is 18.6. The minimum atomic E-state index is 0.450. The van der Waals surface area contributed by atoms with Crippen LogP contribution in [0.5, 0.6) is 23.0 Å². The first-order valence-electron chi connectivity index (χ1n) is 22.8. The van der Waals surface area contributed by atoms with Crippen molar-refractivity contribution in [1.29, 1.82) is 0 Å². The molecule has 16 heteroatoms. The number of nitrogen functional groups attached to an aromatic ring is 2. The Morgan fingerprint density at radius 1 is 0.452 bits per heavy atom. The van der Waals surface area contributed by atoms with Crippen molar-refractivity contribution in [2.75, 3.05) is 115 Å². The van der Waals surface area contributed by atoms with Crippen LogP contribution in [0.25, 0.3) is 21.8 Å². The van der Waals surface area contributed by atoms with Gasteiger partial charge in [-0.25, -0.2) is 9.97 Å². The van der Waals surface area contributed by atoms with Crippen LogP contribution >= 0.6 is 21.6 Å². The fourth-order valence-electron chi connectivity index (χ4n) is 7.39. The summed E-state index contributed by atoms with van der Waals surface area (Å²) < 4.78 is 21.7. The van der Waals surface area contributed by atoms with E-state index in [2.05, 4.69) is 30.4 Å². The molecule has 0 fully saturated rings. The molecule has 2 heterocycles. The van der Waals surface area contributed by atoms with Crippen LogP contribution in [0.4, 0.5) is 23.5 Å². The lowest BCUT2D eigenvalue weighted by atomic mass is 10.1. The van der Waals surface area contributed by atoms with Gasteiger partial charge in [0, 0.05) is 74.7 Å². The summed E-state index contributed by atoms with van der Waals surface area (Å²) in [6, 6.07) is 7.38. The van der Waals surface area contributed by atoms with Crippen molar-refractivity contribution in [3.8, 4) is 23.0 Å². The van der Waals surface area contributed by atoms with Crippen LogP contribution in [0.2, 0.25) is 0 Å². The fourth-order valence-corrected chi connectivity index (χ4v) is 9.29. The van der Waals surface area contributed by atoms with Crippen molar-refractivity contribution in [3.63, 3.8) is 0 Å². The van der Waals surface area contributed by atoms with Gasteiger partial charge in [-0.05, 0) is 50.9 Å². The summed E-state index contributed by atoms with van der Waals surface area (Å²) in [5, 5.41) is 8.78. The molecule has 346 valence electrons. The van der Waals surface area contributed by atoms with Gasteiger partial charge in [0.15, 0.2) is 23.0 Å². The molecule has 0 bridgehead atoms. The van der Waals surface area contributed by atoms with Crippen LogP contribution in [-0.4, -0.2) is 113 Å². The highest BCUT2D eigenvalue weighted by Crippen LogP contribution is 2.35. The number of methoxy groups -OCH3 is 4. The quantitative estimate of drug-likeness (QED) is 0.0254. The summed E-state index contributed by atoms with van der Waals surface area (Å²) in [5.41, 5.74) is 14.1. The van der Waals surface area contributed by atoms with Gasteiger partial charge in [-0.15, -0.1) is 0 Å². The summed E-state index contributed by atoms with van der Waals surface area (Å²) in [6.45, 7) is 6.26. The number of ether oxygens (including phenoxy) is 4. The number of anilines is 4. The molecule has 62 heavy (non-hydrogen) atoms. The molecular weight excluding hydrogens is 821 g/mol.